The predicted molar refractivity (Wildman–Crippen MR) is 97.5 cm³/mol. The number of amides is 2. The van der Waals surface area contributed by atoms with Crippen molar-refractivity contribution in [2.45, 2.75) is 38.2 Å². The number of carbonyl (C=O) groups excluding carboxylic acids is 2. The molecule has 0 aliphatic carbocycles. The summed E-state index contributed by atoms with van der Waals surface area (Å²) in [6.07, 6.45) is -3.78. The maximum atomic E-state index is 14.9. The van der Waals surface area contributed by atoms with Gasteiger partial charge >= 0.3 is 12.3 Å². The van der Waals surface area contributed by atoms with E-state index >= 15 is 0 Å². The highest BCUT2D eigenvalue weighted by molar-refractivity contribution is 5.89. The number of piperazine rings is 1. The van der Waals surface area contributed by atoms with Gasteiger partial charge in [-0.3, -0.25) is 4.79 Å². The number of aromatic nitrogens is 2. The Labute approximate surface area is 170 Å². The lowest BCUT2D eigenvalue weighted by Crippen LogP contribution is -2.69. The zero-order valence-corrected chi connectivity index (χ0v) is 16.9. The second kappa shape index (κ2) is 7.55. The molecule has 8 nitrogen and oxygen atoms in total. The van der Waals surface area contributed by atoms with Crippen LogP contribution in [0, 0.1) is 0 Å². The Morgan fingerprint density at radius 1 is 1.00 bits per heavy atom. The van der Waals surface area contributed by atoms with Crippen LogP contribution in [-0.4, -0.2) is 82.3 Å². The molecule has 3 heterocycles. The van der Waals surface area contributed by atoms with Gasteiger partial charge in [0.2, 0.25) is 11.6 Å². The molecule has 0 unspecified atom stereocenters. The van der Waals surface area contributed by atoms with Crippen molar-refractivity contribution < 1.29 is 31.9 Å². The Bertz CT molecular complexity index is 796. The van der Waals surface area contributed by atoms with Crippen molar-refractivity contribution >= 4 is 17.9 Å². The first-order chi connectivity index (χ1) is 13.8. The summed E-state index contributed by atoms with van der Waals surface area (Å²) < 4.78 is 57.9. The number of alkyl halides is 4. The minimum Gasteiger partial charge on any atom is -0.444 e. The first kappa shape index (κ1) is 22.0. The van der Waals surface area contributed by atoms with Gasteiger partial charge in [-0.15, -0.1) is 0 Å². The van der Waals surface area contributed by atoms with Crippen molar-refractivity contribution in [3.63, 3.8) is 0 Å². The van der Waals surface area contributed by atoms with Crippen molar-refractivity contribution in [3.8, 4) is 0 Å². The smallest absolute Gasteiger partial charge is 0.419 e. The van der Waals surface area contributed by atoms with Gasteiger partial charge in [0.25, 0.3) is 5.91 Å². The summed E-state index contributed by atoms with van der Waals surface area (Å²) in [7, 11) is 0. The number of carbonyl (C=O) groups is 2. The van der Waals surface area contributed by atoms with E-state index in [-0.39, 0.29) is 45.2 Å². The van der Waals surface area contributed by atoms with Crippen molar-refractivity contribution in [3.05, 3.63) is 18.0 Å². The lowest BCUT2D eigenvalue weighted by molar-refractivity contribution is -0.155. The fourth-order valence-corrected chi connectivity index (χ4v) is 3.17. The topological polar surface area (TPSA) is 78.9 Å². The van der Waals surface area contributed by atoms with E-state index in [0.29, 0.717) is 12.4 Å². The first-order valence-corrected chi connectivity index (χ1v) is 9.39. The number of halogens is 4. The molecule has 2 aliphatic rings. The normalized spacial score (nSPS) is 19.4. The van der Waals surface area contributed by atoms with Crippen LogP contribution < -0.4 is 4.90 Å². The Hall–Kier alpha value is -2.66. The summed E-state index contributed by atoms with van der Waals surface area (Å²) >= 11 is 0. The third-order valence-corrected chi connectivity index (χ3v) is 4.73. The molecule has 1 aromatic heterocycles. The van der Waals surface area contributed by atoms with Gasteiger partial charge in [0.1, 0.15) is 5.60 Å². The molecule has 0 radical (unpaired) electrons. The van der Waals surface area contributed by atoms with Crippen molar-refractivity contribution in [2.24, 2.45) is 0 Å². The molecule has 2 fully saturated rings. The van der Waals surface area contributed by atoms with Crippen molar-refractivity contribution in [2.75, 3.05) is 44.2 Å². The number of hydrogen-bond donors (Lipinski definition) is 0. The van der Waals surface area contributed by atoms with Gasteiger partial charge in [0.15, 0.2) is 0 Å². The van der Waals surface area contributed by atoms with E-state index < -0.39 is 35.0 Å². The van der Waals surface area contributed by atoms with Crippen LogP contribution in [-0.2, 0) is 15.7 Å². The quantitative estimate of drug-likeness (QED) is 0.665. The van der Waals surface area contributed by atoms with Crippen molar-refractivity contribution in [1.82, 2.24) is 19.8 Å². The van der Waals surface area contributed by atoms with Crippen LogP contribution in [0.4, 0.5) is 28.3 Å². The van der Waals surface area contributed by atoms with E-state index in [2.05, 4.69) is 9.97 Å². The zero-order valence-electron chi connectivity index (χ0n) is 16.9. The maximum absolute atomic E-state index is 14.9. The number of likely N-dealkylation sites (tertiary alicyclic amines) is 1. The lowest BCUT2D eigenvalue weighted by atomic mass is 9.94. The molecule has 1 aromatic rings. The highest BCUT2D eigenvalue weighted by Gasteiger charge is 2.54. The van der Waals surface area contributed by atoms with E-state index in [1.54, 1.807) is 25.7 Å². The van der Waals surface area contributed by atoms with Crippen LogP contribution in [0.15, 0.2) is 12.4 Å². The van der Waals surface area contributed by atoms with E-state index in [4.69, 9.17) is 4.74 Å². The Balaban J connectivity index is 1.52. The second-order valence-electron chi connectivity index (χ2n) is 8.35. The predicted octanol–water partition coefficient (Wildman–Crippen LogP) is 2.10. The Morgan fingerprint density at radius 2 is 1.53 bits per heavy atom. The summed E-state index contributed by atoms with van der Waals surface area (Å²) in [6.45, 7) is 5.18. The van der Waals surface area contributed by atoms with Crippen LogP contribution in [0.25, 0.3) is 0 Å². The summed E-state index contributed by atoms with van der Waals surface area (Å²) in [5.41, 5.74) is -3.82. The van der Waals surface area contributed by atoms with Gasteiger partial charge in [0.05, 0.1) is 18.7 Å². The van der Waals surface area contributed by atoms with E-state index in [0.717, 1.165) is 4.90 Å². The SMILES string of the molecule is CC(C)(C)OC(=O)N1CC(F)(C(=O)N2CCN(c3ncc(C(F)(F)F)cn3)CC2)C1. The van der Waals surface area contributed by atoms with Gasteiger partial charge in [-0.25, -0.2) is 19.2 Å². The third-order valence-electron chi connectivity index (χ3n) is 4.73. The molecule has 2 amide bonds. The van der Waals surface area contributed by atoms with Crippen LogP contribution in [0.3, 0.4) is 0 Å². The molecular formula is C18H23F4N5O3. The highest BCUT2D eigenvalue weighted by Crippen LogP contribution is 2.31. The lowest BCUT2D eigenvalue weighted by Gasteiger charge is -2.46. The van der Waals surface area contributed by atoms with Gasteiger partial charge in [-0.1, -0.05) is 0 Å². The minimum absolute atomic E-state index is 0.116. The van der Waals surface area contributed by atoms with Gasteiger partial charge in [0, 0.05) is 38.6 Å². The molecule has 0 atom stereocenters. The molecule has 0 spiro atoms. The first-order valence-electron chi connectivity index (χ1n) is 9.39. The van der Waals surface area contributed by atoms with Gasteiger partial charge < -0.3 is 19.4 Å². The van der Waals surface area contributed by atoms with Gasteiger partial charge in [-0.2, -0.15) is 13.2 Å². The second-order valence-corrected chi connectivity index (χ2v) is 8.35. The molecule has 166 valence electrons. The molecule has 0 aromatic carbocycles. The summed E-state index contributed by atoms with van der Waals surface area (Å²) in [6, 6.07) is 0. The summed E-state index contributed by atoms with van der Waals surface area (Å²) in [5, 5.41) is 0. The largest absolute Gasteiger partial charge is 0.444 e. The van der Waals surface area contributed by atoms with E-state index in [9.17, 15) is 27.2 Å². The van der Waals surface area contributed by atoms with Crippen LogP contribution in [0.5, 0.6) is 0 Å². The number of nitrogens with zero attached hydrogens (tertiary/aromatic N) is 5. The van der Waals surface area contributed by atoms with Crippen LogP contribution >= 0.6 is 0 Å². The summed E-state index contributed by atoms with van der Waals surface area (Å²) in [4.78, 5) is 36.1. The number of hydrogen-bond acceptors (Lipinski definition) is 6. The molecule has 2 saturated heterocycles. The van der Waals surface area contributed by atoms with Crippen LogP contribution in [0.2, 0.25) is 0 Å². The van der Waals surface area contributed by atoms with Gasteiger partial charge in [-0.05, 0) is 20.8 Å². The average Bonchev–Trinajstić information content (AvgIpc) is 2.63. The standard InChI is InChI=1S/C18H23F4N5O3/c1-16(2,3)30-15(29)27-10-17(19,11-27)13(28)25-4-6-26(7-5-25)14-23-8-12(9-24-14)18(20,21)22/h8-9H,4-7,10-11H2,1-3H3. The summed E-state index contributed by atoms with van der Waals surface area (Å²) in [5.74, 6) is -0.597. The van der Waals surface area contributed by atoms with E-state index in [1.807, 2.05) is 0 Å². The van der Waals surface area contributed by atoms with Crippen LogP contribution in [0.1, 0.15) is 26.3 Å². The van der Waals surface area contributed by atoms with E-state index in [1.165, 1.54) is 4.90 Å². The van der Waals surface area contributed by atoms with Crippen molar-refractivity contribution in [1.29, 1.82) is 0 Å². The molecule has 3 rings (SSSR count). The fraction of sp³-hybridized carbons (Fsp3) is 0.667. The molecule has 0 bridgehead atoms. The third kappa shape index (κ3) is 4.73. The fourth-order valence-electron chi connectivity index (χ4n) is 3.17. The highest BCUT2D eigenvalue weighted by atomic mass is 19.4. The molecule has 2 aliphatic heterocycles. The Morgan fingerprint density at radius 3 is 2.00 bits per heavy atom. The monoisotopic (exact) mass is 433 g/mol. The average molecular weight is 433 g/mol. The number of ether oxygens (including phenoxy) is 1. The maximum Gasteiger partial charge on any atom is 0.419 e. The molecule has 0 saturated carbocycles. The minimum atomic E-state index is -4.52. The molecule has 12 heteroatoms. The molecular weight excluding hydrogens is 410 g/mol. The molecule has 0 N–H and O–H groups in total. The Kier molecular flexibility index (Phi) is 5.54. The zero-order chi connectivity index (χ0) is 22.3. The number of rotatable bonds is 2. The number of anilines is 1. The molecule has 30 heavy (non-hydrogen) atoms.